The molecule has 0 aliphatic heterocycles. The molecule has 1 aliphatic carbocycles. The van der Waals surface area contributed by atoms with E-state index in [0.29, 0.717) is 11.4 Å². The highest BCUT2D eigenvalue weighted by molar-refractivity contribution is 6.31. The summed E-state index contributed by atoms with van der Waals surface area (Å²) >= 11 is 6.30. The monoisotopic (exact) mass is 265 g/mol. The second-order valence-corrected chi connectivity index (χ2v) is 5.35. The van der Waals surface area contributed by atoms with Crippen LogP contribution in [-0.4, -0.2) is 12.3 Å². The summed E-state index contributed by atoms with van der Waals surface area (Å²) in [5.74, 6) is 0.287. The fourth-order valence-corrected chi connectivity index (χ4v) is 3.04. The SMILES string of the molecule is CCCN[C@]1(c2ccccc2Cl)CCCCC1=O. The van der Waals surface area contributed by atoms with Crippen LogP contribution in [0, 0.1) is 0 Å². The number of carbonyl (C=O) groups is 1. The molecule has 1 atom stereocenters. The van der Waals surface area contributed by atoms with Gasteiger partial charge in [-0.15, -0.1) is 0 Å². The zero-order valence-corrected chi connectivity index (χ0v) is 11.6. The highest BCUT2D eigenvalue weighted by Gasteiger charge is 2.41. The van der Waals surface area contributed by atoms with Gasteiger partial charge in [0.1, 0.15) is 5.54 Å². The number of carbonyl (C=O) groups excluding carboxylic acids is 1. The Morgan fingerprint density at radius 1 is 1.33 bits per heavy atom. The van der Waals surface area contributed by atoms with Crippen LogP contribution in [0.5, 0.6) is 0 Å². The predicted molar refractivity (Wildman–Crippen MR) is 74.9 cm³/mol. The minimum Gasteiger partial charge on any atom is -0.301 e. The number of halogens is 1. The van der Waals surface area contributed by atoms with Crippen LogP contribution in [-0.2, 0) is 10.3 Å². The van der Waals surface area contributed by atoms with Crippen molar-refractivity contribution in [2.24, 2.45) is 0 Å². The second-order valence-electron chi connectivity index (χ2n) is 4.94. The molecule has 0 aromatic heterocycles. The van der Waals surface area contributed by atoms with E-state index < -0.39 is 5.54 Å². The lowest BCUT2D eigenvalue weighted by atomic mass is 9.75. The molecule has 0 spiro atoms. The number of nitrogens with one attached hydrogen (secondary N) is 1. The lowest BCUT2D eigenvalue weighted by Crippen LogP contribution is -2.51. The third-order valence-corrected chi connectivity index (χ3v) is 4.02. The zero-order chi connectivity index (χ0) is 13.0. The van der Waals surface area contributed by atoms with E-state index in [1.807, 2.05) is 24.3 Å². The molecule has 1 aromatic carbocycles. The molecule has 2 rings (SSSR count). The molecule has 98 valence electrons. The summed E-state index contributed by atoms with van der Waals surface area (Å²) in [6.45, 7) is 2.96. The summed E-state index contributed by atoms with van der Waals surface area (Å²) in [7, 11) is 0. The van der Waals surface area contributed by atoms with Crippen LogP contribution in [0.4, 0.5) is 0 Å². The average Bonchev–Trinajstić information content (AvgIpc) is 2.39. The van der Waals surface area contributed by atoms with E-state index in [1.165, 1.54) is 0 Å². The summed E-state index contributed by atoms with van der Waals surface area (Å²) in [5.41, 5.74) is 0.400. The zero-order valence-electron chi connectivity index (χ0n) is 10.8. The van der Waals surface area contributed by atoms with Crippen LogP contribution in [0.2, 0.25) is 5.02 Å². The fourth-order valence-electron chi connectivity index (χ4n) is 2.74. The summed E-state index contributed by atoms with van der Waals surface area (Å²) in [5, 5.41) is 4.15. The van der Waals surface area contributed by atoms with Gasteiger partial charge in [-0.2, -0.15) is 0 Å². The Morgan fingerprint density at radius 2 is 2.11 bits per heavy atom. The maximum atomic E-state index is 12.5. The van der Waals surface area contributed by atoms with Gasteiger partial charge in [0.15, 0.2) is 5.78 Å². The lowest BCUT2D eigenvalue weighted by Gasteiger charge is -2.37. The topological polar surface area (TPSA) is 29.1 Å². The summed E-state index contributed by atoms with van der Waals surface area (Å²) < 4.78 is 0. The fraction of sp³-hybridized carbons (Fsp3) is 0.533. The molecule has 0 heterocycles. The van der Waals surface area contributed by atoms with Crippen molar-refractivity contribution < 1.29 is 4.79 Å². The van der Waals surface area contributed by atoms with Gasteiger partial charge in [-0.05, 0) is 37.4 Å². The van der Waals surface area contributed by atoms with Crippen LogP contribution >= 0.6 is 11.6 Å². The first-order valence-corrected chi connectivity index (χ1v) is 7.12. The molecule has 0 bridgehead atoms. The maximum absolute atomic E-state index is 12.5. The standard InChI is InChI=1S/C15H20ClNO/c1-2-11-17-15(10-6-5-9-14(15)18)12-7-3-4-8-13(12)16/h3-4,7-8,17H,2,5-6,9-11H2,1H3/t15-/m0/s1. The molecule has 0 unspecified atom stereocenters. The van der Waals surface area contributed by atoms with Gasteiger partial charge in [0, 0.05) is 11.4 Å². The third-order valence-electron chi connectivity index (χ3n) is 3.69. The van der Waals surface area contributed by atoms with Crippen molar-refractivity contribution in [2.75, 3.05) is 6.54 Å². The van der Waals surface area contributed by atoms with Gasteiger partial charge in [0.05, 0.1) is 0 Å². The van der Waals surface area contributed by atoms with Gasteiger partial charge in [-0.3, -0.25) is 4.79 Å². The molecule has 1 fully saturated rings. The quantitative estimate of drug-likeness (QED) is 0.900. The average molecular weight is 266 g/mol. The molecule has 0 radical (unpaired) electrons. The first kappa shape index (κ1) is 13.6. The highest BCUT2D eigenvalue weighted by Crippen LogP contribution is 2.37. The van der Waals surface area contributed by atoms with Crippen molar-refractivity contribution in [3.05, 3.63) is 34.9 Å². The molecule has 18 heavy (non-hydrogen) atoms. The van der Waals surface area contributed by atoms with E-state index in [4.69, 9.17) is 11.6 Å². The Labute approximate surface area is 114 Å². The lowest BCUT2D eigenvalue weighted by molar-refractivity contribution is -0.128. The molecular formula is C15H20ClNO. The number of hydrogen-bond donors (Lipinski definition) is 1. The Balaban J connectivity index is 2.41. The Bertz CT molecular complexity index is 432. The van der Waals surface area contributed by atoms with Crippen molar-refractivity contribution in [3.8, 4) is 0 Å². The molecule has 1 N–H and O–H groups in total. The molecule has 3 heteroatoms. The molecule has 0 amide bonds. The van der Waals surface area contributed by atoms with Gasteiger partial charge >= 0.3 is 0 Å². The molecule has 1 aliphatic rings. The normalized spacial score (nSPS) is 24.2. The first-order valence-electron chi connectivity index (χ1n) is 6.74. The van der Waals surface area contributed by atoms with Crippen molar-refractivity contribution in [2.45, 2.75) is 44.6 Å². The molecule has 1 aromatic rings. The molecular weight excluding hydrogens is 246 g/mol. The number of rotatable bonds is 4. The smallest absolute Gasteiger partial charge is 0.157 e. The van der Waals surface area contributed by atoms with E-state index in [1.54, 1.807) is 0 Å². The van der Waals surface area contributed by atoms with E-state index in [9.17, 15) is 4.79 Å². The van der Waals surface area contributed by atoms with Gasteiger partial charge in [0.25, 0.3) is 0 Å². The Morgan fingerprint density at radius 3 is 2.78 bits per heavy atom. The van der Waals surface area contributed by atoms with Crippen LogP contribution in [0.1, 0.15) is 44.6 Å². The summed E-state index contributed by atoms with van der Waals surface area (Å²) in [6, 6.07) is 7.72. The van der Waals surface area contributed by atoms with E-state index in [-0.39, 0.29) is 5.78 Å². The van der Waals surface area contributed by atoms with E-state index in [0.717, 1.165) is 37.8 Å². The number of ketones is 1. The van der Waals surface area contributed by atoms with Gasteiger partial charge < -0.3 is 5.32 Å². The number of Topliss-reactive ketones (excluding diaryl/α,β-unsaturated/α-hetero) is 1. The Kier molecular flexibility index (Phi) is 4.41. The second kappa shape index (κ2) is 5.85. The van der Waals surface area contributed by atoms with Crippen molar-refractivity contribution in [1.29, 1.82) is 0 Å². The third kappa shape index (κ3) is 2.45. The van der Waals surface area contributed by atoms with Gasteiger partial charge in [-0.1, -0.05) is 43.1 Å². The Hall–Kier alpha value is -0.860. The van der Waals surface area contributed by atoms with E-state index >= 15 is 0 Å². The molecule has 0 saturated heterocycles. The van der Waals surface area contributed by atoms with Gasteiger partial charge in [-0.25, -0.2) is 0 Å². The van der Waals surface area contributed by atoms with E-state index in [2.05, 4.69) is 12.2 Å². The van der Waals surface area contributed by atoms with Gasteiger partial charge in [0.2, 0.25) is 0 Å². The largest absolute Gasteiger partial charge is 0.301 e. The number of benzene rings is 1. The van der Waals surface area contributed by atoms with Crippen LogP contribution in [0.15, 0.2) is 24.3 Å². The van der Waals surface area contributed by atoms with Crippen LogP contribution in [0.3, 0.4) is 0 Å². The van der Waals surface area contributed by atoms with Crippen LogP contribution < -0.4 is 5.32 Å². The maximum Gasteiger partial charge on any atom is 0.157 e. The first-order chi connectivity index (χ1) is 8.70. The van der Waals surface area contributed by atoms with Crippen LogP contribution in [0.25, 0.3) is 0 Å². The van der Waals surface area contributed by atoms with Crippen molar-refractivity contribution >= 4 is 17.4 Å². The van der Waals surface area contributed by atoms with Crippen molar-refractivity contribution in [1.82, 2.24) is 5.32 Å². The summed E-state index contributed by atoms with van der Waals surface area (Å²) in [4.78, 5) is 12.5. The predicted octanol–water partition coefficient (Wildman–Crippen LogP) is 3.68. The highest BCUT2D eigenvalue weighted by atomic mass is 35.5. The number of hydrogen-bond acceptors (Lipinski definition) is 2. The summed E-state index contributed by atoms with van der Waals surface area (Å²) in [6.07, 6.45) is 4.60. The van der Waals surface area contributed by atoms with Crippen molar-refractivity contribution in [3.63, 3.8) is 0 Å². The minimum atomic E-state index is -0.549. The molecule has 2 nitrogen and oxygen atoms in total. The molecule has 1 saturated carbocycles. The minimum absolute atomic E-state index is 0.287.